The van der Waals surface area contributed by atoms with E-state index in [1.807, 2.05) is 38.1 Å². The third-order valence-corrected chi connectivity index (χ3v) is 6.32. The van der Waals surface area contributed by atoms with Gasteiger partial charge in [0.15, 0.2) is 0 Å². The largest absolute Gasteiger partial charge is 0.390 e. The molecule has 1 aliphatic rings. The Morgan fingerprint density at radius 2 is 2.04 bits per heavy atom. The fraction of sp³-hybridized carbons (Fsp3) is 0.421. The van der Waals surface area contributed by atoms with Crippen LogP contribution in [-0.2, 0) is 0 Å². The molecule has 2 aromatic heterocycles. The van der Waals surface area contributed by atoms with Gasteiger partial charge in [-0.1, -0.05) is 26.0 Å². The molecule has 0 radical (unpaired) electrons. The second-order valence-electron chi connectivity index (χ2n) is 7.32. The highest BCUT2D eigenvalue weighted by Crippen LogP contribution is 2.36. The summed E-state index contributed by atoms with van der Waals surface area (Å²) in [6, 6.07) is 7.31. The number of fused-ring (bicyclic) bond motifs is 1. The number of anilines is 1. The van der Waals surface area contributed by atoms with Gasteiger partial charge in [0.1, 0.15) is 22.5 Å². The van der Waals surface area contributed by atoms with Crippen LogP contribution < -0.4 is 10.9 Å². The molecular formula is C19H22N4O3S. The molecular weight excluding hydrogens is 364 g/mol. The molecule has 1 fully saturated rings. The second-order valence-corrected chi connectivity index (χ2v) is 8.35. The van der Waals surface area contributed by atoms with Crippen molar-refractivity contribution in [1.82, 2.24) is 15.0 Å². The Morgan fingerprint density at radius 1 is 1.26 bits per heavy atom. The number of H-pyrrole nitrogens is 1. The van der Waals surface area contributed by atoms with Crippen LogP contribution in [0.2, 0.25) is 0 Å². The first kappa shape index (κ1) is 18.1. The molecule has 27 heavy (non-hydrogen) atoms. The Hall–Kier alpha value is -2.29. The maximum absolute atomic E-state index is 12.5. The number of para-hydroxylation sites is 1. The maximum Gasteiger partial charge on any atom is 0.263 e. The Kier molecular flexibility index (Phi) is 4.71. The molecule has 0 aliphatic heterocycles. The lowest BCUT2D eigenvalue weighted by Gasteiger charge is -2.20. The topological polar surface area (TPSA) is 111 Å². The van der Waals surface area contributed by atoms with Gasteiger partial charge in [0.25, 0.3) is 5.56 Å². The van der Waals surface area contributed by atoms with Gasteiger partial charge in [-0.2, -0.15) is 0 Å². The molecule has 4 atom stereocenters. The number of hydrogen-bond acceptors (Lipinski definition) is 7. The normalized spacial score (nSPS) is 25.4. The fourth-order valence-corrected chi connectivity index (χ4v) is 4.75. The summed E-state index contributed by atoms with van der Waals surface area (Å²) in [7, 11) is 0. The van der Waals surface area contributed by atoms with Crippen LogP contribution >= 0.6 is 11.3 Å². The van der Waals surface area contributed by atoms with E-state index in [9.17, 15) is 15.0 Å². The average molecular weight is 386 g/mol. The van der Waals surface area contributed by atoms with Gasteiger partial charge in [-0.3, -0.25) is 4.79 Å². The van der Waals surface area contributed by atoms with Crippen molar-refractivity contribution in [1.29, 1.82) is 0 Å². The van der Waals surface area contributed by atoms with Gasteiger partial charge in [-0.05, 0) is 30.4 Å². The third kappa shape index (κ3) is 3.24. The monoisotopic (exact) mass is 386 g/mol. The van der Waals surface area contributed by atoms with Crippen LogP contribution in [-0.4, -0.2) is 43.4 Å². The first-order chi connectivity index (χ1) is 13.0. The Balaban J connectivity index is 1.71. The summed E-state index contributed by atoms with van der Waals surface area (Å²) >= 11 is 1.42. The molecule has 142 valence electrons. The molecule has 2 heterocycles. The van der Waals surface area contributed by atoms with E-state index in [4.69, 9.17) is 0 Å². The van der Waals surface area contributed by atoms with E-state index in [1.165, 1.54) is 17.7 Å². The zero-order valence-electron chi connectivity index (χ0n) is 15.1. The molecule has 1 aromatic carbocycles. The molecule has 0 unspecified atom stereocenters. The van der Waals surface area contributed by atoms with E-state index in [0.29, 0.717) is 22.8 Å². The summed E-state index contributed by atoms with van der Waals surface area (Å²) in [6.07, 6.45) is 0.226. The number of hydrogen-bond donors (Lipinski definition) is 4. The van der Waals surface area contributed by atoms with Crippen LogP contribution in [0, 0.1) is 11.8 Å². The number of rotatable bonds is 4. The van der Waals surface area contributed by atoms with Crippen LogP contribution in [0.15, 0.2) is 35.4 Å². The lowest BCUT2D eigenvalue weighted by Crippen LogP contribution is -2.36. The number of benzene rings is 1. The van der Waals surface area contributed by atoms with Crippen molar-refractivity contribution in [2.24, 2.45) is 11.8 Å². The Morgan fingerprint density at radius 3 is 2.74 bits per heavy atom. The summed E-state index contributed by atoms with van der Waals surface area (Å²) in [6.45, 7) is 4.06. The summed E-state index contributed by atoms with van der Waals surface area (Å²) in [5, 5.41) is 24.5. The predicted octanol–water partition coefficient (Wildman–Crippen LogP) is 2.22. The van der Waals surface area contributed by atoms with Gasteiger partial charge in [-0.15, -0.1) is 11.3 Å². The van der Waals surface area contributed by atoms with Crippen molar-refractivity contribution in [3.63, 3.8) is 0 Å². The molecule has 0 bridgehead atoms. The predicted molar refractivity (Wildman–Crippen MR) is 106 cm³/mol. The number of aliphatic hydroxyl groups excluding tert-OH is 2. The number of nitrogens with one attached hydrogen (secondary N) is 2. The molecule has 8 heteroatoms. The average Bonchev–Trinajstić information content (AvgIpc) is 3.18. The van der Waals surface area contributed by atoms with Gasteiger partial charge >= 0.3 is 0 Å². The Labute approximate surface area is 160 Å². The highest BCUT2D eigenvalue weighted by atomic mass is 32.1. The number of aromatic nitrogens is 3. The van der Waals surface area contributed by atoms with Crippen molar-refractivity contribution in [3.05, 3.63) is 40.9 Å². The molecule has 0 amide bonds. The van der Waals surface area contributed by atoms with Gasteiger partial charge in [0.2, 0.25) is 0 Å². The van der Waals surface area contributed by atoms with Crippen molar-refractivity contribution < 1.29 is 10.2 Å². The van der Waals surface area contributed by atoms with Crippen molar-refractivity contribution in [3.8, 4) is 10.6 Å². The lowest BCUT2D eigenvalue weighted by molar-refractivity contribution is 0.00750. The van der Waals surface area contributed by atoms with Crippen LogP contribution in [0.3, 0.4) is 0 Å². The molecule has 4 rings (SSSR count). The minimum absolute atomic E-state index is 0.00889. The number of thiazole rings is 1. The smallest absolute Gasteiger partial charge is 0.263 e. The zero-order chi connectivity index (χ0) is 19.1. The quantitative estimate of drug-likeness (QED) is 0.547. The molecule has 0 spiro atoms. The van der Waals surface area contributed by atoms with E-state index in [1.54, 1.807) is 0 Å². The van der Waals surface area contributed by atoms with E-state index in [0.717, 1.165) is 10.2 Å². The molecule has 3 aromatic rings. The highest BCUT2D eigenvalue weighted by molar-refractivity contribution is 7.21. The minimum atomic E-state index is -0.915. The van der Waals surface area contributed by atoms with E-state index in [2.05, 4.69) is 20.3 Å². The van der Waals surface area contributed by atoms with E-state index >= 15 is 0 Å². The van der Waals surface area contributed by atoms with Gasteiger partial charge in [-0.25, -0.2) is 9.97 Å². The van der Waals surface area contributed by atoms with Crippen LogP contribution in [0.4, 0.5) is 5.82 Å². The number of nitrogens with zero attached hydrogens (tertiary/aromatic N) is 2. The summed E-state index contributed by atoms with van der Waals surface area (Å²) in [4.78, 5) is 24.0. The second kappa shape index (κ2) is 7.03. The standard InChI is InChI=1S/C19H22N4O3S/c1-9(2)10-7-12(16(25)15(10)24)22-17-14(18(26)21-8-20-17)19-23-11-5-3-4-6-13(11)27-19/h3-6,8-10,12,15-16,24-25H,7H2,1-2H3,(H2,20,21,22,26)/t10-,12-,15-,16+/m1/s1. The van der Waals surface area contributed by atoms with Gasteiger partial charge < -0.3 is 20.5 Å². The lowest BCUT2D eigenvalue weighted by atomic mass is 9.92. The summed E-state index contributed by atoms with van der Waals surface area (Å²) in [5.41, 5.74) is 0.885. The van der Waals surface area contributed by atoms with Crippen molar-refractivity contribution in [2.75, 3.05) is 5.32 Å². The summed E-state index contributed by atoms with van der Waals surface area (Å²) < 4.78 is 0.984. The van der Waals surface area contributed by atoms with Gasteiger partial charge in [0.05, 0.1) is 28.7 Å². The van der Waals surface area contributed by atoms with Crippen molar-refractivity contribution in [2.45, 2.75) is 38.5 Å². The molecule has 1 aliphatic carbocycles. The SMILES string of the molecule is CC(C)[C@H]1C[C@@H](Nc2nc[nH]c(=O)c2-c2nc3ccccc3s2)[C@H](O)[C@@H]1O. The molecule has 1 saturated carbocycles. The first-order valence-electron chi connectivity index (χ1n) is 9.02. The van der Waals surface area contributed by atoms with E-state index in [-0.39, 0.29) is 23.4 Å². The molecule has 0 saturated heterocycles. The van der Waals surface area contributed by atoms with Crippen LogP contribution in [0.25, 0.3) is 20.8 Å². The molecule has 4 N–H and O–H groups in total. The highest BCUT2D eigenvalue weighted by Gasteiger charge is 2.43. The van der Waals surface area contributed by atoms with Crippen LogP contribution in [0.5, 0.6) is 0 Å². The zero-order valence-corrected chi connectivity index (χ0v) is 15.9. The summed E-state index contributed by atoms with van der Waals surface area (Å²) in [5.74, 6) is 0.612. The molecule has 7 nitrogen and oxygen atoms in total. The van der Waals surface area contributed by atoms with E-state index < -0.39 is 12.2 Å². The third-order valence-electron chi connectivity index (χ3n) is 5.27. The fourth-order valence-electron chi connectivity index (χ4n) is 3.74. The van der Waals surface area contributed by atoms with Crippen molar-refractivity contribution >= 4 is 27.4 Å². The van der Waals surface area contributed by atoms with Gasteiger partial charge in [0, 0.05) is 0 Å². The number of aromatic amines is 1. The minimum Gasteiger partial charge on any atom is -0.390 e. The van der Waals surface area contributed by atoms with Crippen LogP contribution in [0.1, 0.15) is 20.3 Å². The maximum atomic E-state index is 12.5. The Bertz CT molecular complexity index is 982. The number of aliphatic hydroxyl groups is 2. The first-order valence-corrected chi connectivity index (χ1v) is 9.83.